The molecular formula is C11H13ClN4O2. The molecule has 7 heteroatoms. The first-order chi connectivity index (χ1) is 8.65. The number of rotatable bonds is 2. The number of nitrogens with one attached hydrogen (secondary N) is 1. The number of hydrogen-bond acceptors (Lipinski definition) is 5. The second kappa shape index (κ2) is 4.07. The van der Waals surface area contributed by atoms with E-state index in [2.05, 4.69) is 15.3 Å². The Hall–Kier alpha value is -1.40. The molecule has 0 radical (unpaired) electrons. The molecule has 3 heterocycles. The van der Waals surface area contributed by atoms with Crippen LogP contribution >= 0.6 is 11.6 Å². The van der Waals surface area contributed by atoms with E-state index in [9.17, 15) is 4.79 Å². The van der Waals surface area contributed by atoms with Crippen molar-refractivity contribution in [3.05, 3.63) is 11.0 Å². The number of halogens is 1. The van der Waals surface area contributed by atoms with E-state index < -0.39 is 0 Å². The number of amides is 1. The van der Waals surface area contributed by atoms with Gasteiger partial charge >= 0.3 is 0 Å². The monoisotopic (exact) mass is 268 g/mol. The molecule has 2 aliphatic heterocycles. The summed E-state index contributed by atoms with van der Waals surface area (Å²) < 4.78 is 5.25. The van der Waals surface area contributed by atoms with Crippen molar-refractivity contribution in [2.45, 2.75) is 25.5 Å². The Morgan fingerprint density at radius 1 is 1.56 bits per heavy atom. The molecule has 18 heavy (non-hydrogen) atoms. The van der Waals surface area contributed by atoms with Gasteiger partial charge in [0.25, 0.3) is 0 Å². The number of methoxy groups -OCH3 is 1. The first-order valence-electron chi connectivity index (χ1n) is 5.82. The number of aromatic nitrogens is 2. The van der Waals surface area contributed by atoms with Gasteiger partial charge < -0.3 is 15.0 Å². The van der Waals surface area contributed by atoms with Gasteiger partial charge in [-0.3, -0.25) is 4.79 Å². The first-order valence-corrected chi connectivity index (χ1v) is 6.20. The maximum absolute atomic E-state index is 12.0. The third kappa shape index (κ3) is 1.49. The Balaban J connectivity index is 2.06. The minimum absolute atomic E-state index is 0.0683. The highest BCUT2D eigenvalue weighted by Gasteiger charge is 2.49. The fourth-order valence-electron chi connectivity index (χ4n) is 2.46. The minimum atomic E-state index is -0.307. The number of anilines is 2. The summed E-state index contributed by atoms with van der Waals surface area (Å²) in [7, 11) is 1.61. The number of nitrogens with zero attached hydrogens (tertiary/aromatic N) is 3. The summed E-state index contributed by atoms with van der Waals surface area (Å²) in [6, 6.07) is -0.307. The van der Waals surface area contributed by atoms with Crippen molar-refractivity contribution in [1.82, 2.24) is 9.97 Å². The number of carbonyl (C=O) groups is 1. The van der Waals surface area contributed by atoms with Crippen molar-refractivity contribution in [3.63, 3.8) is 0 Å². The number of carbonyl (C=O) groups excluding carboxylic acids is 1. The third-order valence-corrected chi connectivity index (χ3v) is 3.60. The van der Waals surface area contributed by atoms with Gasteiger partial charge in [0.05, 0.1) is 5.69 Å². The largest absolute Gasteiger partial charge is 0.377 e. The molecule has 2 atom stereocenters. The van der Waals surface area contributed by atoms with E-state index in [-0.39, 0.29) is 23.3 Å². The summed E-state index contributed by atoms with van der Waals surface area (Å²) in [5.74, 6) is 0.631. The Labute approximate surface area is 109 Å². The van der Waals surface area contributed by atoms with Crippen LogP contribution in [-0.4, -0.2) is 41.7 Å². The zero-order chi connectivity index (χ0) is 12.9. The molecule has 6 nitrogen and oxygen atoms in total. The fourth-order valence-corrected chi connectivity index (χ4v) is 2.64. The van der Waals surface area contributed by atoms with Gasteiger partial charge in [-0.15, -0.1) is 0 Å². The summed E-state index contributed by atoms with van der Waals surface area (Å²) >= 11 is 5.91. The Bertz CT molecular complexity index is 522. The molecule has 2 unspecified atom stereocenters. The maximum atomic E-state index is 12.0. The average molecular weight is 269 g/mol. The molecule has 0 aliphatic carbocycles. The minimum Gasteiger partial charge on any atom is -0.377 e. The zero-order valence-electron chi connectivity index (χ0n) is 10.1. The molecule has 1 amide bonds. The number of ether oxygens (including phenoxy) is 1. The fraction of sp³-hybridized carbons (Fsp3) is 0.545. The molecule has 1 aromatic rings. The number of hydrogen-bond donors (Lipinski definition) is 1. The van der Waals surface area contributed by atoms with Gasteiger partial charge in [-0.2, -0.15) is 4.98 Å². The highest BCUT2D eigenvalue weighted by molar-refractivity contribution is 6.28. The smallest absolute Gasteiger partial charge is 0.250 e. The van der Waals surface area contributed by atoms with Crippen molar-refractivity contribution in [1.29, 1.82) is 0 Å². The molecule has 2 aliphatic rings. The lowest BCUT2D eigenvalue weighted by Crippen LogP contribution is -2.68. The van der Waals surface area contributed by atoms with Crippen LogP contribution in [0.15, 0.2) is 0 Å². The van der Waals surface area contributed by atoms with Gasteiger partial charge in [0.1, 0.15) is 17.8 Å². The normalized spacial score (nSPS) is 25.1. The molecule has 1 N–H and O–H groups in total. The summed E-state index contributed by atoms with van der Waals surface area (Å²) in [4.78, 5) is 22.3. The van der Waals surface area contributed by atoms with Gasteiger partial charge in [0.2, 0.25) is 11.2 Å². The van der Waals surface area contributed by atoms with E-state index >= 15 is 0 Å². The summed E-state index contributed by atoms with van der Waals surface area (Å²) in [6.45, 7) is 2.61. The highest BCUT2D eigenvalue weighted by atomic mass is 35.5. The third-order valence-electron chi connectivity index (χ3n) is 3.43. The molecule has 0 aromatic carbocycles. The topological polar surface area (TPSA) is 67.3 Å². The van der Waals surface area contributed by atoms with Crippen molar-refractivity contribution in [2.24, 2.45) is 0 Å². The second-order valence-electron chi connectivity index (χ2n) is 4.35. The summed E-state index contributed by atoms with van der Waals surface area (Å²) in [5, 5.41) is 3.07. The lowest BCUT2D eigenvalue weighted by atomic mass is 9.95. The van der Waals surface area contributed by atoms with E-state index in [1.165, 1.54) is 0 Å². The number of aryl methyl sites for hydroxylation is 1. The van der Waals surface area contributed by atoms with Crippen LogP contribution in [0.5, 0.6) is 0 Å². The Kier molecular flexibility index (Phi) is 2.64. The molecule has 1 fully saturated rings. The van der Waals surface area contributed by atoms with Crippen LogP contribution in [-0.2, 0) is 16.0 Å². The van der Waals surface area contributed by atoms with Crippen LogP contribution in [0, 0.1) is 0 Å². The maximum Gasteiger partial charge on any atom is 0.250 e. The molecule has 1 aromatic heterocycles. The van der Waals surface area contributed by atoms with Crippen molar-refractivity contribution in [2.75, 3.05) is 23.9 Å². The lowest BCUT2D eigenvalue weighted by Gasteiger charge is -2.49. The van der Waals surface area contributed by atoms with Crippen LogP contribution in [0.2, 0.25) is 5.28 Å². The lowest BCUT2D eigenvalue weighted by molar-refractivity contribution is -0.123. The van der Waals surface area contributed by atoms with Crippen LogP contribution in [0.25, 0.3) is 0 Å². The summed E-state index contributed by atoms with van der Waals surface area (Å²) in [6.07, 6.45) is 0.605. The van der Waals surface area contributed by atoms with E-state index in [0.29, 0.717) is 24.5 Å². The van der Waals surface area contributed by atoms with Crippen LogP contribution in [0.1, 0.15) is 12.6 Å². The predicted octanol–water partition coefficient (Wildman–Crippen LogP) is 0.848. The molecule has 0 saturated carbocycles. The summed E-state index contributed by atoms with van der Waals surface area (Å²) in [5.41, 5.74) is 1.44. The molecule has 0 spiro atoms. The number of fused-ring (bicyclic) bond motifs is 3. The molecule has 0 bridgehead atoms. The van der Waals surface area contributed by atoms with E-state index in [1.807, 2.05) is 11.8 Å². The highest BCUT2D eigenvalue weighted by Crippen LogP contribution is 2.39. The van der Waals surface area contributed by atoms with Crippen molar-refractivity contribution >= 4 is 29.0 Å². The van der Waals surface area contributed by atoms with Crippen molar-refractivity contribution < 1.29 is 9.53 Å². The first kappa shape index (κ1) is 11.7. The van der Waals surface area contributed by atoms with Crippen LogP contribution in [0.4, 0.5) is 11.5 Å². The standard InChI is InChI=1S/C11H13ClN4O2/c1-3-5-7-9(15-11(12)13-5)16-4-6(18-2)8(16)10(17)14-7/h6,8H,3-4H2,1-2H3,(H,14,17). The van der Waals surface area contributed by atoms with E-state index in [4.69, 9.17) is 16.3 Å². The second-order valence-corrected chi connectivity index (χ2v) is 4.69. The predicted molar refractivity (Wildman–Crippen MR) is 67.0 cm³/mol. The quantitative estimate of drug-likeness (QED) is 0.806. The SMILES string of the molecule is CCc1nc(Cl)nc2c1NC(=O)C1C(OC)CN21. The van der Waals surface area contributed by atoms with E-state index in [0.717, 1.165) is 5.69 Å². The van der Waals surface area contributed by atoms with Crippen molar-refractivity contribution in [3.8, 4) is 0 Å². The van der Waals surface area contributed by atoms with Gasteiger partial charge in [-0.25, -0.2) is 4.98 Å². The van der Waals surface area contributed by atoms with Gasteiger partial charge in [0.15, 0.2) is 5.82 Å². The zero-order valence-corrected chi connectivity index (χ0v) is 10.9. The van der Waals surface area contributed by atoms with Crippen LogP contribution in [0.3, 0.4) is 0 Å². The average Bonchev–Trinajstić information content (AvgIpc) is 2.29. The molecule has 1 saturated heterocycles. The van der Waals surface area contributed by atoms with Gasteiger partial charge in [-0.05, 0) is 18.0 Å². The molecule has 3 rings (SSSR count). The van der Waals surface area contributed by atoms with E-state index in [1.54, 1.807) is 7.11 Å². The molecule has 96 valence electrons. The van der Waals surface area contributed by atoms with Crippen LogP contribution < -0.4 is 10.2 Å². The van der Waals surface area contributed by atoms with Gasteiger partial charge in [0, 0.05) is 13.7 Å². The Morgan fingerprint density at radius 2 is 2.33 bits per heavy atom. The molecular weight excluding hydrogens is 256 g/mol. The Morgan fingerprint density at radius 3 is 3.00 bits per heavy atom. The van der Waals surface area contributed by atoms with Gasteiger partial charge in [-0.1, -0.05) is 6.92 Å².